The molecule has 0 amide bonds. The van der Waals surface area contributed by atoms with Crippen LogP contribution in [0.3, 0.4) is 0 Å². The van der Waals surface area contributed by atoms with Crippen molar-refractivity contribution in [3.8, 4) is 17.2 Å². The van der Waals surface area contributed by atoms with Crippen LogP contribution in [0.25, 0.3) is 103 Å². The van der Waals surface area contributed by atoms with Crippen LogP contribution in [0.2, 0.25) is 0 Å². The molecule has 242 valence electrons. The van der Waals surface area contributed by atoms with Crippen molar-refractivity contribution >= 4 is 96.9 Å². The summed E-state index contributed by atoms with van der Waals surface area (Å²) in [5.41, 5.74) is 9.46. The van der Waals surface area contributed by atoms with Crippen molar-refractivity contribution in [2.75, 3.05) is 0 Å². The molecule has 0 unspecified atom stereocenters. The van der Waals surface area contributed by atoms with Gasteiger partial charge in [-0.1, -0.05) is 91.0 Å². The fraction of sp³-hybridized carbons (Fsp3) is 0. The molecule has 7 aromatic carbocycles. The van der Waals surface area contributed by atoms with Gasteiger partial charge in [0.15, 0.2) is 0 Å². The van der Waals surface area contributed by atoms with Crippen LogP contribution in [0.1, 0.15) is 0 Å². The van der Waals surface area contributed by atoms with E-state index in [9.17, 15) is 0 Å². The standard InChI is InChI=1S/C47H28N4S/c1-6-16-39-31(11-1)32-12-2-7-17-40(32)49(39)29-21-23-44-36(25-29)35-15-5-10-20-43(35)51(44)47-27-38-37-26-30(22-24-45(37)52-46(38)28-48-47)50-41-18-8-3-13-33(41)34-14-4-9-19-42(34)50/h1-28H. The minimum Gasteiger partial charge on any atom is -0.309 e. The summed E-state index contributed by atoms with van der Waals surface area (Å²) in [6, 6.07) is 59.6. The Hall–Kier alpha value is -6.69. The predicted octanol–water partition coefficient (Wildman–Crippen LogP) is 12.7. The maximum absolute atomic E-state index is 5.12. The van der Waals surface area contributed by atoms with E-state index in [1.165, 1.54) is 74.6 Å². The van der Waals surface area contributed by atoms with Crippen LogP contribution in [0.15, 0.2) is 170 Å². The lowest BCUT2D eigenvalue weighted by atomic mass is 10.1. The third kappa shape index (κ3) is 3.78. The second kappa shape index (κ2) is 10.4. The molecule has 0 saturated heterocycles. The number of rotatable bonds is 3. The summed E-state index contributed by atoms with van der Waals surface area (Å²) in [7, 11) is 0. The van der Waals surface area contributed by atoms with Gasteiger partial charge in [0.1, 0.15) is 5.82 Å². The van der Waals surface area contributed by atoms with Gasteiger partial charge >= 0.3 is 0 Å². The van der Waals surface area contributed by atoms with Gasteiger partial charge in [0.05, 0.1) is 37.8 Å². The van der Waals surface area contributed by atoms with Crippen molar-refractivity contribution in [2.24, 2.45) is 0 Å². The van der Waals surface area contributed by atoms with Crippen molar-refractivity contribution in [2.45, 2.75) is 0 Å². The number of thiophene rings is 1. The van der Waals surface area contributed by atoms with Crippen LogP contribution in [0, 0.1) is 0 Å². The van der Waals surface area contributed by atoms with Crippen LogP contribution < -0.4 is 0 Å². The van der Waals surface area contributed by atoms with Crippen molar-refractivity contribution in [3.63, 3.8) is 0 Å². The molecule has 12 aromatic rings. The summed E-state index contributed by atoms with van der Waals surface area (Å²) >= 11 is 1.81. The van der Waals surface area contributed by atoms with E-state index >= 15 is 0 Å². The van der Waals surface area contributed by atoms with E-state index in [1.54, 1.807) is 11.3 Å². The highest BCUT2D eigenvalue weighted by Gasteiger charge is 2.18. The lowest BCUT2D eigenvalue weighted by Crippen LogP contribution is -1.97. The van der Waals surface area contributed by atoms with Gasteiger partial charge in [0.2, 0.25) is 0 Å². The molecule has 0 N–H and O–H groups in total. The summed E-state index contributed by atoms with van der Waals surface area (Å²) in [4.78, 5) is 5.12. The smallest absolute Gasteiger partial charge is 0.138 e. The molecule has 4 nitrogen and oxygen atoms in total. The van der Waals surface area contributed by atoms with E-state index in [0.29, 0.717) is 0 Å². The lowest BCUT2D eigenvalue weighted by molar-refractivity contribution is 1.09. The highest BCUT2D eigenvalue weighted by molar-refractivity contribution is 7.25. The SMILES string of the molecule is c1ccc2c(c1)c1ccccc1n2-c1ccc2sc3cnc(-n4c5ccccc5c5cc(-n6c7ccccc7c7ccccc76)ccc54)cc3c2c1. The minimum absolute atomic E-state index is 0.922. The summed E-state index contributed by atoms with van der Waals surface area (Å²) in [6.45, 7) is 0. The molecule has 0 bridgehead atoms. The number of pyridine rings is 1. The Balaban J connectivity index is 1.07. The van der Waals surface area contributed by atoms with Gasteiger partial charge in [0, 0.05) is 65.4 Å². The molecule has 0 saturated carbocycles. The molecule has 0 fully saturated rings. The molecular formula is C47H28N4S. The Bertz CT molecular complexity index is 3320. The first-order chi connectivity index (χ1) is 25.8. The van der Waals surface area contributed by atoms with Crippen molar-refractivity contribution in [1.29, 1.82) is 0 Å². The normalized spacial score (nSPS) is 12.2. The van der Waals surface area contributed by atoms with Crippen LogP contribution in [-0.2, 0) is 0 Å². The Morgan fingerprint density at radius 1 is 0.327 bits per heavy atom. The quantitative estimate of drug-likeness (QED) is 0.182. The van der Waals surface area contributed by atoms with Crippen LogP contribution in [0.5, 0.6) is 0 Å². The van der Waals surface area contributed by atoms with Crippen LogP contribution in [0.4, 0.5) is 0 Å². The monoisotopic (exact) mass is 680 g/mol. The van der Waals surface area contributed by atoms with E-state index in [2.05, 4.69) is 184 Å². The maximum Gasteiger partial charge on any atom is 0.138 e. The van der Waals surface area contributed by atoms with E-state index in [-0.39, 0.29) is 0 Å². The summed E-state index contributed by atoms with van der Waals surface area (Å²) < 4.78 is 9.58. The molecular weight excluding hydrogens is 653 g/mol. The van der Waals surface area contributed by atoms with E-state index < -0.39 is 0 Å². The topological polar surface area (TPSA) is 27.7 Å². The average Bonchev–Trinajstić information content (AvgIpc) is 3.93. The lowest BCUT2D eigenvalue weighted by Gasteiger charge is -2.10. The number of benzene rings is 7. The first-order valence-electron chi connectivity index (χ1n) is 17.6. The number of fused-ring (bicyclic) bond motifs is 12. The van der Waals surface area contributed by atoms with Crippen LogP contribution >= 0.6 is 11.3 Å². The third-order valence-corrected chi connectivity index (χ3v) is 12.0. The van der Waals surface area contributed by atoms with E-state index in [1.807, 2.05) is 0 Å². The number of para-hydroxylation sites is 5. The first-order valence-corrected chi connectivity index (χ1v) is 18.4. The molecule has 0 radical (unpaired) electrons. The van der Waals surface area contributed by atoms with E-state index in [4.69, 9.17) is 4.98 Å². The zero-order valence-corrected chi connectivity index (χ0v) is 28.7. The first kappa shape index (κ1) is 28.1. The van der Waals surface area contributed by atoms with Gasteiger partial charge in [0.25, 0.3) is 0 Å². The minimum atomic E-state index is 0.922. The second-order valence-corrected chi connectivity index (χ2v) is 14.7. The Labute approximate surface area is 301 Å². The largest absolute Gasteiger partial charge is 0.309 e. The molecule has 0 aliphatic rings. The van der Waals surface area contributed by atoms with Gasteiger partial charge in [-0.25, -0.2) is 4.98 Å². The molecule has 5 aromatic heterocycles. The maximum atomic E-state index is 5.12. The molecule has 0 atom stereocenters. The van der Waals surface area contributed by atoms with Gasteiger partial charge in [-0.2, -0.15) is 0 Å². The van der Waals surface area contributed by atoms with Gasteiger partial charge in [-0.3, -0.25) is 4.57 Å². The average molecular weight is 681 g/mol. The molecule has 5 heterocycles. The third-order valence-electron chi connectivity index (χ3n) is 10.9. The number of aromatic nitrogens is 4. The zero-order chi connectivity index (χ0) is 33.9. The van der Waals surface area contributed by atoms with Gasteiger partial charge in [-0.15, -0.1) is 11.3 Å². The van der Waals surface area contributed by atoms with Crippen molar-refractivity contribution in [3.05, 3.63) is 170 Å². The van der Waals surface area contributed by atoms with Crippen LogP contribution in [-0.4, -0.2) is 18.7 Å². The molecule has 0 aliphatic carbocycles. The predicted molar refractivity (Wildman–Crippen MR) is 220 cm³/mol. The van der Waals surface area contributed by atoms with E-state index in [0.717, 1.165) is 28.2 Å². The van der Waals surface area contributed by atoms with Crippen molar-refractivity contribution < 1.29 is 0 Å². The van der Waals surface area contributed by atoms with Crippen molar-refractivity contribution in [1.82, 2.24) is 18.7 Å². The fourth-order valence-electron chi connectivity index (χ4n) is 8.67. The highest BCUT2D eigenvalue weighted by atomic mass is 32.1. The molecule has 0 spiro atoms. The second-order valence-electron chi connectivity index (χ2n) is 13.6. The fourth-order valence-corrected chi connectivity index (χ4v) is 9.71. The summed E-state index contributed by atoms with van der Waals surface area (Å²) in [5, 5.41) is 9.97. The Morgan fingerprint density at radius 3 is 1.27 bits per heavy atom. The number of hydrogen-bond acceptors (Lipinski definition) is 2. The zero-order valence-electron chi connectivity index (χ0n) is 27.9. The number of hydrogen-bond donors (Lipinski definition) is 0. The Morgan fingerprint density at radius 2 is 0.731 bits per heavy atom. The summed E-state index contributed by atoms with van der Waals surface area (Å²) in [6.07, 6.45) is 2.06. The molecule has 5 heteroatoms. The summed E-state index contributed by atoms with van der Waals surface area (Å²) in [5.74, 6) is 0.922. The highest BCUT2D eigenvalue weighted by Crippen LogP contribution is 2.40. The molecule has 0 aliphatic heterocycles. The molecule has 52 heavy (non-hydrogen) atoms. The number of nitrogens with zero attached hydrogens (tertiary/aromatic N) is 4. The Kier molecular flexibility index (Phi) is 5.62. The van der Waals surface area contributed by atoms with Gasteiger partial charge in [-0.05, 0) is 72.8 Å². The molecule has 12 rings (SSSR count). The van der Waals surface area contributed by atoms with Gasteiger partial charge < -0.3 is 9.13 Å².